The number of aryl methyl sites for hydroxylation is 1. The van der Waals surface area contributed by atoms with Crippen molar-refractivity contribution in [3.05, 3.63) is 30.0 Å². The van der Waals surface area contributed by atoms with E-state index in [4.69, 9.17) is 5.11 Å². The van der Waals surface area contributed by atoms with Crippen molar-refractivity contribution in [2.45, 2.75) is 9.79 Å². The Morgan fingerprint density at radius 2 is 2.00 bits per heavy atom. The van der Waals surface area contributed by atoms with Crippen LogP contribution in [0.4, 0.5) is 0 Å². The van der Waals surface area contributed by atoms with E-state index in [0.29, 0.717) is 16.2 Å². The van der Waals surface area contributed by atoms with Crippen LogP contribution in [0.25, 0.3) is 11.3 Å². The lowest BCUT2D eigenvalue weighted by atomic mass is 10.1. The van der Waals surface area contributed by atoms with Crippen molar-refractivity contribution < 1.29 is 18.3 Å². The number of hydrogen-bond acceptors (Lipinski definition) is 5. The number of aromatic nitrogens is 2. The molecule has 2 rings (SSSR count). The number of hydrogen-bond donors (Lipinski definition) is 1. The minimum atomic E-state index is -3.30. The maximum absolute atomic E-state index is 11.7. The Morgan fingerprint density at radius 3 is 2.48 bits per heavy atom. The fourth-order valence-electron chi connectivity index (χ4n) is 1.98. The number of carboxylic acid groups (broad SMARTS) is 1. The molecule has 0 aliphatic heterocycles. The molecule has 0 amide bonds. The van der Waals surface area contributed by atoms with E-state index in [1.54, 1.807) is 25.4 Å². The standard InChI is InChI=1S/C13H14N2O4S2/c1-15-10(7-9(14-15)13(16)17)8-4-5-12(21(3,18)19)11(6-8)20-2/h4-7H,1-3H3,(H,16,17). The molecule has 1 aromatic heterocycles. The van der Waals surface area contributed by atoms with Gasteiger partial charge in [-0.05, 0) is 24.5 Å². The molecular weight excluding hydrogens is 312 g/mol. The smallest absolute Gasteiger partial charge is 0.356 e. The van der Waals surface area contributed by atoms with Crippen molar-refractivity contribution in [2.75, 3.05) is 12.5 Å². The van der Waals surface area contributed by atoms with Crippen LogP contribution in [0.1, 0.15) is 10.5 Å². The Bertz CT molecular complexity index is 810. The predicted octanol–water partition coefficient (Wildman–Crippen LogP) is 1.91. The Kier molecular flexibility index (Phi) is 4.11. The van der Waals surface area contributed by atoms with Crippen LogP contribution in [0.5, 0.6) is 0 Å². The Morgan fingerprint density at radius 1 is 1.33 bits per heavy atom. The molecule has 0 aliphatic carbocycles. The van der Waals surface area contributed by atoms with Gasteiger partial charge in [0, 0.05) is 23.8 Å². The molecule has 0 atom stereocenters. The van der Waals surface area contributed by atoms with Gasteiger partial charge in [-0.1, -0.05) is 6.07 Å². The summed E-state index contributed by atoms with van der Waals surface area (Å²) in [6, 6.07) is 6.37. The van der Waals surface area contributed by atoms with Gasteiger partial charge in [0.05, 0.1) is 10.6 Å². The number of carbonyl (C=O) groups is 1. The summed E-state index contributed by atoms with van der Waals surface area (Å²) in [5.41, 5.74) is 1.28. The summed E-state index contributed by atoms with van der Waals surface area (Å²) in [6.45, 7) is 0. The molecule has 1 heterocycles. The number of thioether (sulfide) groups is 1. The van der Waals surface area contributed by atoms with Gasteiger partial charge < -0.3 is 5.11 Å². The van der Waals surface area contributed by atoms with Crippen molar-refractivity contribution in [3.8, 4) is 11.3 Å². The number of sulfone groups is 1. The van der Waals surface area contributed by atoms with Crippen LogP contribution in [0.2, 0.25) is 0 Å². The summed E-state index contributed by atoms with van der Waals surface area (Å²) >= 11 is 1.32. The van der Waals surface area contributed by atoms with Crippen LogP contribution in [-0.4, -0.2) is 41.8 Å². The van der Waals surface area contributed by atoms with Gasteiger partial charge in [0.25, 0.3) is 0 Å². The Hall–Kier alpha value is -1.80. The number of aromatic carboxylic acids is 1. The predicted molar refractivity (Wildman–Crippen MR) is 80.5 cm³/mol. The largest absolute Gasteiger partial charge is 0.476 e. The van der Waals surface area contributed by atoms with Gasteiger partial charge in [-0.15, -0.1) is 11.8 Å². The fourth-order valence-corrected chi connectivity index (χ4v) is 3.93. The summed E-state index contributed by atoms with van der Waals surface area (Å²) in [5, 5.41) is 12.9. The number of benzene rings is 1. The third-order valence-corrected chi connectivity index (χ3v) is 5.02. The lowest BCUT2D eigenvalue weighted by Gasteiger charge is -2.08. The first-order chi connectivity index (χ1) is 9.74. The summed E-state index contributed by atoms with van der Waals surface area (Å²) in [6.07, 6.45) is 2.95. The molecule has 0 aliphatic rings. The van der Waals surface area contributed by atoms with Crippen molar-refractivity contribution in [1.29, 1.82) is 0 Å². The van der Waals surface area contributed by atoms with Crippen LogP contribution < -0.4 is 0 Å². The molecule has 1 aromatic carbocycles. The van der Waals surface area contributed by atoms with Gasteiger partial charge >= 0.3 is 5.97 Å². The molecule has 0 bridgehead atoms. The molecular formula is C13H14N2O4S2. The summed E-state index contributed by atoms with van der Waals surface area (Å²) in [7, 11) is -1.66. The van der Waals surface area contributed by atoms with E-state index >= 15 is 0 Å². The molecule has 0 saturated heterocycles. The fraction of sp³-hybridized carbons (Fsp3) is 0.231. The highest BCUT2D eigenvalue weighted by atomic mass is 32.2. The second-order valence-corrected chi connectivity index (χ2v) is 7.31. The normalized spacial score (nSPS) is 11.6. The SMILES string of the molecule is CSc1cc(-c2cc(C(=O)O)nn2C)ccc1S(C)(=O)=O. The van der Waals surface area contributed by atoms with Crippen molar-refractivity contribution in [2.24, 2.45) is 7.05 Å². The molecule has 0 saturated carbocycles. The highest BCUT2D eigenvalue weighted by Crippen LogP contribution is 2.30. The average molecular weight is 326 g/mol. The van der Waals surface area contributed by atoms with Gasteiger partial charge in [0.2, 0.25) is 0 Å². The molecule has 0 spiro atoms. The molecule has 2 aromatic rings. The Balaban J connectivity index is 2.59. The van der Waals surface area contributed by atoms with Crippen LogP contribution >= 0.6 is 11.8 Å². The summed E-state index contributed by atoms with van der Waals surface area (Å²) < 4.78 is 24.9. The number of nitrogens with zero attached hydrogens (tertiary/aromatic N) is 2. The maximum Gasteiger partial charge on any atom is 0.356 e. The first-order valence-corrected chi connectivity index (χ1v) is 9.01. The molecule has 0 radical (unpaired) electrons. The van der Waals surface area contributed by atoms with Crippen molar-refractivity contribution >= 4 is 27.6 Å². The molecule has 1 N–H and O–H groups in total. The van der Waals surface area contributed by atoms with Gasteiger partial charge in [0.15, 0.2) is 15.5 Å². The van der Waals surface area contributed by atoms with E-state index in [2.05, 4.69) is 5.10 Å². The minimum absolute atomic E-state index is 0.0506. The lowest BCUT2D eigenvalue weighted by molar-refractivity contribution is 0.0689. The second-order valence-electron chi connectivity index (χ2n) is 4.48. The first kappa shape index (κ1) is 15.6. The topological polar surface area (TPSA) is 89.3 Å². The van der Waals surface area contributed by atoms with Crippen LogP contribution in [0.15, 0.2) is 34.1 Å². The molecule has 21 heavy (non-hydrogen) atoms. The van der Waals surface area contributed by atoms with Gasteiger partial charge in [0.1, 0.15) is 0 Å². The number of carboxylic acids is 1. The summed E-state index contributed by atoms with van der Waals surface area (Å²) in [4.78, 5) is 11.8. The first-order valence-electron chi connectivity index (χ1n) is 5.90. The zero-order valence-corrected chi connectivity index (χ0v) is 13.3. The zero-order valence-electron chi connectivity index (χ0n) is 11.7. The highest BCUT2D eigenvalue weighted by molar-refractivity contribution is 7.99. The van der Waals surface area contributed by atoms with E-state index in [-0.39, 0.29) is 10.6 Å². The quantitative estimate of drug-likeness (QED) is 0.863. The highest BCUT2D eigenvalue weighted by Gasteiger charge is 2.17. The maximum atomic E-state index is 11.7. The summed E-state index contributed by atoms with van der Waals surface area (Å²) in [5.74, 6) is -1.10. The average Bonchev–Trinajstić information content (AvgIpc) is 2.79. The third kappa shape index (κ3) is 3.11. The van der Waals surface area contributed by atoms with E-state index < -0.39 is 15.8 Å². The molecule has 112 valence electrons. The van der Waals surface area contributed by atoms with E-state index in [1.165, 1.54) is 28.6 Å². The van der Waals surface area contributed by atoms with Crippen molar-refractivity contribution in [1.82, 2.24) is 9.78 Å². The van der Waals surface area contributed by atoms with Crippen LogP contribution in [-0.2, 0) is 16.9 Å². The van der Waals surface area contributed by atoms with Gasteiger partial charge in [-0.2, -0.15) is 5.10 Å². The molecule has 0 unspecified atom stereocenters. The van der Waals surface area contributed by atoms with E-state index in [9.17, 15) is 13.2 Å². The lowest BCUT2D eigenvalue weighted by Crippen LogP contribution is -2.01. The van der Waals surface area contributed by atoms with Crippen molar-refractivity contribution in [3.63, 3.8) is 0 Å². The van der Waals surface area contributed by atoms with E-state index in [0.717, 1.165) is 6.26 Å². The molecule has 6 nitrogen and oxygen atoms in total. The molecule has 8 heteroatoms. The Labute approximate surface area is 126 Å². The third-order valence-electron chi connectivity index (χ3n) is 2.96. The molecule has 0 fully saturated rings. The van der Waals surface area contributed by atoms with Gasteiger partial charge in [-0.25, -0.2) is 13.2 Å². The monoisotopic (exact) mass is 326 g/mol. The minimum Gasteiger partial charge on any atom is -0.476 e. The zero-order chi connectivity index (χ0) is 15.8. The van der Waals surface area contributed by atoms with Crippen LogP contribution in [0.3, 0.4) is 0 Å². The number of rotatable bonds is 4. The second kappa shape index (κ2) is 5.53. The van der Waals surface area contributed by atoms with E-state index in [1.807, 2.05) is 0 Å². The van der Waals surface area contributed by atoms with Crippen LogP contribution in [0, 0.1) is 0 Å². The van der Waals surface area contributed by atoms with Gasteiger partial charge in [-0.3, -0.25) is 4.68 Å².